The van der Waals surface area contributed by atoms with Crippen LogP contribution in [0.2, 0.25) is 0 Å². The molecular formula is C4H3ClO. The summed E-state index contributed by atoms with van der Waals surface area (Å²) in [5.74, 6) is 0.705. The first kappa shape index (κ1) is 3.75. The second-order valence-electron chi connectivity index (χ2n) is 0.944. The number of rotatable bonds is 1. The van der Waals surface area contributed by atoms with Crippen LogP contribution in [0.15, 0.2) is 23.6 Å². The van der Waals surface area contributed by atoms with Gasteiger partial charge >= 0.3 is 0 Å². The molecule has 0 aliphatic carbocycles. The van der Waals surface area contributed by atoms with E-state index in [9.17, 15) is 0 Å². The highest BCUT2D eigenvalue weighted by atomic mass is 35.5. The topological polar surface area (TPSA) is 12.5 Å². The molecule has 0 spiro atoms. The number of hydrogen-bond acceptors (Lipinski definition) is 1. The van der Waals surface area contributed by atoms with E-state index in [1.54, 1.807) is 6.08 Å². The summed E-state index contributed by atoms with van der Waals surface area (Å²) in [6, 6.07) is 0. The van der Waals surface area contributed by atoms with Gasteiger partial charge in [-0.05, 0) is 17.7 Å². The lowest BCUT2D eigenvalue weighted by Crippen LogP contribution is -1.40. The molecule has 1 heterocycles. The molecule has 0 bridgehead atoms. The Morgan fingerprint density at radius 2 is 2.33 bits per heavy atom. The Morgan fingerprint density at radius 3 is 2.33 bits per heavy atom. The molecule has 1 rings (SSSR count). The first-order chi connectivity index (χ1) is 2.84. The molecule has 0 saturated heterocycles. The van der Waals surface area contributed by atoms with E-state index in [0.717, 1.165) is 0 Å². The molecule has 1 aliphatic rings. The Bertz CT molecular complexity index is 115. The summed E-state index contributed by atoms with van der Waals surface area (Å²) in [4.78, 5) is 0. The molecule has 0 aromatic heterocycles. The average molecular weight is 103 g/mol. The van der Waals surface area contributed by atoms with Gasteiger partial charge in [-0.2, -0.15) is 0 Å². The molecule has 6 heavy (non-hydrogen) atoms. The maximum absolute atomic E-state index is 5.24. The van der Waals surface area contributed by atoms with Crippen molar-refractivity contribution in [2.24, 2.45) is 0 Å². The SMILES string of the molecule is C=CC1=C(Cl)O1. The van der Waals surface area contributed by atoms with Crippen molar-refractivity contribution in [1.82, 2.24) is 0 Å². The van der Waals surface area contributed by atoms with Crippen LogP contribution >= 0.6 is 11.6 Å². The first-order valence-electron chi connectivity index (χ1n) is 1.54. The highest BCUT2D eigenvalue weighted by Crippen LogP contribution is 2.29. The van der Waals surface area contributed by atoms with Gasteiger partial charge in [-0.25, -0.2) is 0 Å². The van der Waals surface area contributed by atoms with Crippen molar-refractivity contribution in [3.8, 4) is 0 Å². The zero-order valence-corrected chi connectivity index (χ0v) is 3.83. The molecule has 1 aliphatic heterocycles. The lowest BCUT2D eigenvalue weighted by atomic mass is 10.6. The van der Waals surface area contributed by atoms with Crippen LogP contribution in [0.4, 0.5) is 0 Å². The van der Waals surface area contributed by atoms with Crippen LogP contribution in [-0.2, 0) is 4.74 Å². The van der Waals surface area contributed by atoms with E-state index < -0.39 is 0 Å². The normalized spacial score (nSPS) is 16.8. The van der Waals surface area contributed by atoms with Gasteiger partial charge in [-0.3, -0.25) is 0 Å². The van der Waals surface area contributed by atoms with Gasteiger partial charge in [0.25, 0.3) is 0 Å². The van der Waals surface area contributed by atoms with Gasteiger partial charge in [0.15, 0.2) is 5.76 Å². The molecule has 1 nitrogen and oxygen atoms in total. The lowest BCUT2D eigenvalue weighted by Gasteiger charge is -1.59. The third-order valence-corrected chi connectivity index (χ3v) is 0.800. The van der Waals surface area contributed by atoms with E-state index in [-0.39, 0.29) is 0 Å². The first-order valence-corrected chi connectivity index (χ1v) is 1.92. The van der Waals surface area contributed by atoms with E-state index >= 15 is 0 Å². The Morgan fingerprint density at radius 1 is 1.83 bits per heavy atom. The Hall–Kier alpha value is -0.430. The minimum absolute atomic E-state index is 0.477. The third-order valence-electron chi connectivity index (χ3n) is 0.537. The summed E-state index contributed by atoms with van der Waals surface area (Å²) in [6.07, 6.45) is 1.57. The molecule has 0 unspecified atom stereocenters. The second kappa shape index (κ2) is 1.02. The average Bonchev–Trinajstić information content (AvgIpc) is 2.19. The Labute approximate surface area is 40.9 Å². The predicted molar refractivity (Wildman–Crippen MR) is 24.2 cm³/mol. The molecule has 0 N–H and O–H groups in total. The van der Waals surface area contributed by atoms with Crippen molar-refractivity contribution in [1.29, 1.82) is 0 Å². The molecule has 0 saturated carbocycles. The fourth-order valence-corrected chi connectivity index (χ4v) is 0.353. The van der Waals surface area contributed by atoms with Crippen molar-refractivity contribution in [2.75, 3.05) is 0 Å². The van der Waals surface area contributed by atoms with E-state index in [2.05, 4.69) is 11.3 Å². The van der Waals surface area contributed by atoms with E-state index in [1.165, 1.54) is 0 Å². The number of ether oxygens (including phenoxy) is 1. The Balaban J connectivity index is 2.59. The van der Waals surface area contributed by atoms with Gasteiger partial charge in [0.05, 0.1) is 0 Å². The third kappa shape index (κ3) is 0.411. The van der Waals surface area contributed by atoms with Gasteiger partial charge in [-0.1, -0.05) is 6.58 Å². The lowest BCUT2D eigenvalue weighted by molar-refractivity contribution is 0.504. The van der Waals surface area contributed by atoms with Crippen molar-refractivity contribution in [2.45, 2.75) is 0 Å². The summed E-state index contributed by atoms with van der Waals surface area (Å²) in [5.41, 5.74) is 0. The molecule has 0 radical (unpaired) electrons. The predicted octanol–water partition coefficient (Wildman–Crippen LogP) is 1.61. The quantitative estimate of drug-likeness (QED) is 0.490. The van der Waals surface area contributed by atoms with Gasteiger partial charge in [0.1, 0.15) is 0 Å². The summed E-state index contributed by atoms with van der Waals surface area (Å²) < 4.78 is 4.55. The fraction of sp³-hybridized carbons (Fsp3) is 0. The van der Waals surface area contributed by atoms with Crippen molar-refractivity contribution < 1.29 is 4.74 Å². The highest BCUT2D eigenvalue weighted by Gasteiger charge is 2.17. The Kier molecular flexibility index (Phi) is 0.635. The highest BCUT2D eigenvalue weighted by molar-refractivity contribution is 6.30. The summed E-state index contributed by atoms with van der Waals surface area (Å²) >= 11 is 5.24. The molecule has 2 heteroatoms. The fourth-order valence-electron chi connectivity index (χ4n) is 0.193. The van der Waals surface area contributed by atoms with Crippen molar-refractivity contribution >= 4 is 11.6 Å². The standard InChI is InChI=1S/C4H3ClO/c1-2-3-4(5)6-3/h2H,1H2. The van der Waals surface area contributed by atoms with Gasteiger partial charge in [-0.15, -0.1) is 0 Å². The second-order valence-corrected chi connectivity index (χ2v) is 1.29. The zero-order chi connectivity index (χ0) is 4.57. The molecule has 0 amide bonds. The maximum atomic E-state index is 5.24. The van der Waals surface area contributed by atoms with E-state index in [0.29, 0.717) is 11.0 Å². The minimum atomic E-state index is 0.477. The van der Waals surface area contributed by atoms with Gasteiger partial charge in [0.2, 0.25) is 5.22 Å². The van der Waals surface area contributed by atoms with Crippen molar-refractivity contribution in [3.63, 3.8) is 0 Å². The summed E-state index contributed by atoms with van der Waals surface area (Å²) in [7, 11) is 0. The van der Waals surface area contributed by atoms with E-state index in [1.807, 2.05) is 0 Å². The van der Waals surface area contributed by atoms with Crippen LogP contribution in [-0.4, -0.2) is 0 Å². The van der Waals surface area contributed by atoms with E-state index in [4.69, 9.17) is 11.6 Å². The summed E-state index contributed by atoms with van der Waals surface area (Å²) in [5, 5.41) is 0.477. The van der Waals surface area contributed by atoms with Gasteiger partial charge in [0, 0.05) is 0 Å². The van der Waals surface area contributed by atoms with Crippen LogP contribution in [0.1, 0.15) is 0 Å². The molecule has 32 valence electrons. The molecular weight excluding hydrogens is 99.5 g/mol. The maximum Gasteiger partial charge on any atom is 0.236 e. The van der Waals surface area contributed by atoms with Crippen LogP contribution in [0.3, 0.4) is 0 Å². The number of halogens is 1. The minimum Gasteiger partial charge on any atom is -0.436 e. The van der Waals surface area contributed by atoms with Gasteiger partial charge < -0.3 is 4.74 Å². The monoisotopic (exact) mass is 102 g/mol. The zero-order valence-electron chi connectivity index (χ0n) is 3.07. The van der Waals surface area contributed by atoms with Crippen LogP contribution < -0.4 is 0 Å². The van der Waals surface area contributed by atoms with Crippen LogP contribution in [0.25, 0.3) is 0 Å². The smallest absolute Gasteiger partial charge is 0.236 e. The largest absolute Gasteiger partial charge is 0.436 e. The van der Waals surface area contributed by atoms with Crippen LogP contribution in [0.5, 0.6) is 0 Å². The van der Waals surface area contributed by atoms with Crippen molar-refractivity contribution in [3.05, 3.63) is 23.6 Å². The molecule has 0 fully saturated rings. The molecule has 0 aromatic carbocycles. The number of hydrogen-bond donors (Lipinski definition) is 0. The van der Waals surface area contributed by atoms with Crippen LogP contribution in [0, 0.1) is 0 Å². The molecule has 0 aromatic rings. The summed E-state index contributed by atoms with van der Waals surface area (Å²) in [6.45, 7) is 3.41. The molecule has 0 atom stereocenters. The number of allylic oxidation sites excluding steroid dienone is 1.